The maximum absolute atomic E-state index is 5.50. The van der Waals surface area contributed by atoms with Crippen LogP contribution < -0.4 is 9.47 Å². The summed E-state index contributed by atoms with van der Waals surface area (Å²) < 4.78 is 10.9. The molecular weight excluding hydrogens is 248 g/mol. The van der Waals surface area contributed by atoms with Gasteiger partial charge in [0.2, 0.25) is 0 Å². The molecule has 0 atom stereocenters. The molecule has 0 bridgehead atoms. The lowest BCUT2D eigenvalue weighted by atomic mass is 9.98. The first-order valence-electron chi connectivity index (χ1n) is 7.07. The molecule has 0 heterocycles. The minimum absolute atomic E-state index is 0.911. The Morgan fingerprint density at radius 3 is 2.10 bits per heavy atom. The average Bonchev–Trinajstić information content (AvgIpc) is 2.53. The molecule has 0 fully saturated rings. The molecule has 2 aromatic rings. The molecule has 0 spiro atoms. The second-order valence-corrected chi connectivity index (χ2v) is 4.77. The third kappa shape index (κ3) is 2.79. The molecule has 2 aromatic carbocycles. The summed E-state index contributed by atoms with van der Waals surface area (Å²) in [5, 5.41) is 0. The molecule has 0 aliphatic carbocycles. The lowest BCUT2D eigenvalue weighted by molar-refractivity contribution is 0.410. The Bertz CT molecular complexity index is 588. The average molecular weight is 270 g/mol. The van der Waals surface area contributed by atoms with E-state index < -0.39 is 0 Å². The molecule has 0 aromatic heterocycles. The van der Waals surface area contributed by atoms with Crippen molar-refractivity contribution in [2.45, 2.75) is 26.7 Å². The largest absolute Gasteiger partial charge is 0.496 e. The SMILES string of the molecule is CCc1ccc(OC)c(-c2ccc(OC)c(CC)c2)c1. The number of benzene rings is 2. The van der Waals surface area contributed by atoms with Gasteiger partial charge in [-0.2, -0.15) is 0 Å². The third-order valence-corrected chi connectivity index (χ3v) is 3.64. The maximum atomic E-state index is 5.50. The standard InChI is InChI=1S/C18H22O2/c1-5-13-7-9-18(20-4)16(11-13)15-8-10-17(19-3)14(6-2)12-15/h7-12H,5-6H2,1-4H3. The Hall–Kier alpha value is -1.96. The molecule has 2 rings (SSSR count). The van der Waals surface area contributed by atoms with Crippen LogP contribution in [0.25, 0.3) is 11.1 Å². The lowest BCUT2D eigenvalue weighted by Gasteiger charge is -2.13. The molecule has 0 aliphatic heterocycles. The van der Waals surface area contributed by atoms with E-state index in [4.69, 9.17) is 9.47 Å². The van der Waals surface area contributed by atoms with E-state index in [1.54, 1.807) is 14.2 Å². The fourth-order valence-electron chi connectivity index (χ4n) is 2.42. The van der Waals surface area contributed by atoms with Crippen LogP contribution in [0.15, 0.2) is 36.4 Å². The van der Waals surface area contributed by atoms with E-state index in [1.807, 2.05) is 12.1 Å². The summed E-state index contributed by atoms with van der Waals surface area (Å²) in [6, 6.07) is 12.7. The summed E-state index contributed by atoms with van der Waals surface area (Å²) in [4.78, 5) is 0. The zero-order valence-electron chi connectivity index (χ0n) is 12.7. The van der Waals surface area contributed by atoms with Crippen molar-refractivity contribution in [3.05, 3.63) is 47.5 Å². The molecule has 0 saturated carbocycles. The number of hydrogen-bond acceptors (Lipinski definition) is 2. The molecular formula is C18H22O2. The van der Waals surface area contributed by atoms with Crippen LogP contribution in [0.4, 0.5) is 0 Å². The number of ether oxygens (including phenoxy) is 2. The van der Waals surface area contributed by atoms with Crippen molar-refractivity contribution in [3.8, 4) is 22.6 Å². The van der Waals surface area contributed by atoms with Crippen LogP contribution in [-0.2, 0) is 12.8 Å². The molecule has 0 radical (unpaired) electrons. The highest BCUT2D eigenvalue weighted by molar-refractivity contribution is 5.72. The number of methoxy groups -OCH3 is 2. The van der Waals surface area contributed by atoms with Crippen molar-refractivity contribution < 1.29 is 9.47 Å². The molecule has 0 amide bonds. The predicted molar refractivity (Wildman–Crippen MR) is 83.7 cm³/mol. The summed E-state index contributed by atoms with van der Waals surface area (Å²) in [5.41, 5.74) is 4.85. The van der Waals surface area contributed by atoms with E-state index in [1.165, 1.54) is 16.7 Å². The normalized spacial score (nSPS) is 10.4. The van der Waals surface area contributed by atoms with E-state index in [-0.39, 0.29) is 0 Å². The lowest BCUT2D eigenvalue weighted by Crippen LogP contribution is -1.94. The van der Waals surface area contributed by atoms with Gasteiger partial charge in [0.15, 0.2) is 0 Å². The fourth-order valence-corrected chi connectivity index (χ4v) is 2.42. The van der Waals surface area contributed by atoms with Crippen LogP contribution >= 0.6 is 0 Å². The highest BCUT2D eigenvalue weighted by atomic mass is 16.5. The van der Waals surface area contributed by atoms with E-state index >= 15 is 0 Å². The Labute approximate surface area is 121 Å². The Morgan fingerprint density at radius 2 is 1.50 bits per heavy atom. The van der Waals surface area contributed by atoms with E-state index in [2.05, 4.69) is 38.1 Å². The van der Waals surface area contributed by atoms with E-state index in [0.29, 0.717) is 0 Å². The Morgan fingerprint density at radius 1 is 0.800 bits per heavy atom. The predicted octanol–water partition coefficient (Wildman–Crippen LogP) is 4.50. The first-order valence-corrected chi connectivity index (χ1v) is 7.07. The molecule has 0 N–H and O–H groups in total. The van der Waals surface area contributed by atoms with E-state index in [0.717, 1.165) is 29.9 Å². The minimum Gasteiger partial charge on any atom is -0.496 e. The fraction of sp³-hybridized carbons (Fsp3) is 0.333. The maximum Gasteiger partial charge on any atom is 0.126 e. The van der Waals surface area contributed by atoms with Crippen molar-refractivity contribution in [1.82, 2.24) is 0 Å². The first-order chi connectivity index (χ1) is 9.73. The van der Waals surface area contributed by atoms with Crippen LogP contribution in [0.1, 0.15) is 25.0 Å². The number of hydrogen-bond donors (Lipinski definition) is 0. The second kappa shape index (κ2) is 6.47. The summed E-state index contributed by atoms with van der Waals surface area (Å²) in [6.07, 6.45) is 1.97. The molecule has 20 heavy (non-hydrogen) atoms. The van der Waals surface area contributed by atoms with Gasteiger partial charge in [0.1, 0.15) is 11.5 Å². The zero-order valence-corrected chi connectivity index (χ0v) is 12.7. The first kappa shape index (κ1) is 14.4. The minimum atomic E-state index is 0.911. The van der Waals surface area contributed by atoms with Crippen molar-refractivity contribution in [2.75, 3.05) is 14.2 Å². The third-order valence-electron chi connectivity index (χ3n) is 3.64. The van der Waals surface area contributed by atoms with Crippen LogP contribution in [-0.4, -0.2) is 14.2 Å². The van der Waals surface area contributed by atoms with Crippen molar-refractivity contribution in [1.29, 1.82) is 0 Å². The molecule has 2 heteroatoms. The number of rotatable bonds is 5. The monoisotopic (exact) mass is 270 g/mol. The molecule has 0 unspecified atom stereocenters. The van der Waals surface area contributed by atoms with Gasteiger partial charge in [0.05, 0.1) is 14.2 Å². The molecule has 0 saturated heterocycles. The summed E-state index contributed by atoms with van der Waals surface area (Å²) >= 11 is 0. The Kier molecular flexibility index (Phi) is 4.67. The van der Waals surface area contributed by atoms with Gasteiger partial charge in [0.25, 0.3) is 0 Å². The van der Waals surface area contributed by atoms with Crippen LogP contribution in [0, 0.1) is 0 Å². The van der Waals surface area contributed by atoms with Gasteiger partial charge < -0.3 is 9.47 Å². The van der Waals surface area contributed by atoms with Crippen molar-refractivity contribution in [3.63, 3.8) is 0 Å². The van der Waals surface area contributed by atoms with Gasteiger partial charge in [-0.05, 0) is 53.8 Å². The van der Waals surface area contributed by atoms with Gasteiger partial charge >= 0.3 is 0 Å². The molecule has 106 valence electrons. The van der Waals surface area contributed by atoms with Crippen LogP contribution in [0.2, 0.25) is 0 Å². The highest BCUT2D eigenvalue weighted by Crippen LogP contribution is 2.34. The van der Waals surface area contributed by atoms with Crippen molar-refractivity contribution in [2.24, 2.45) is 0 Å². The van der Waals surface area contributed by atoms with Gasteiger partial charge in [-0.3, -0.25) is 0 Å². The summed E-state index contributed by atoms with van der Waals surface area (Å²) in [6.45, 7) is 4.30. The second-order valence-electron chi connectivity index (χ2n) is 4.77. The summed E-state index contributed by atoms with van der Waals surface area (Å²) in [5.74, 6) is 1.86. The highest BCUT2D eigenvalue weighted by Gasteiger charge is 2.09. The van der Waals surface area contributed by atoms with Gasteiger partial charge in [-0.15, -0.1) is 0 Å². The summed E-state index contributed by atoms with van der Waals surface area (Å²) in [7, 11) is 3.43. The van der Waals surface area contributed by atoms with Gasteiger partial charge in [-0.1, -0.05) is 26.0 Å². The van der Waals surface area contributed by atoms with Gasteiger partial charge in [0, 0.05) is 5.56 Å². The topological polar surface area (TPSA) is 18.5 Å². The smallest absolute Gasteiger partial charge is 0.126 e. The molecule has 2 nitrogen and oxygen atoms in total. The van der Waals surface area contributed by atoms with Gasteiger partial charge in [-0.25, -0.2) is 0 Å². The van der Waals surface area contributed by atoms with Crippen LogP contribution in [0.5, 0.6) is 11.5 Å². The Balaban J connectivity index is 2.55. The zero-order chi connectivity index (χ0) is 14.5. The number of aryl methyl sites for hydroxylation is 2. The van der Waals surface area contributed by atoms with E-state index in [9.17, 15) is 0 Å². The van der Waals surface area contributed by atoms with Crippen molar-refractivity contribution >= 4 is 0 Å². The quantitative estimate of drug-likeness (QED) is 0.796. The molecule has 0 aliphatic rings. The van der Waals surface area contributed by atoms with Crippen LogP contribution in [0.3, 0.4) is 0 Å².